The van der Waals surface area contributed by atoms with E-state index in [2.05, 4.69) is 41.3 Å². The van der Waals surface area contributed by atoms with Crippen LogP contribution in [0.2, 0.25) is 0 Å². The number of nitrogens with zero attached hydrogens (tertiary/aromatic N) is 2. The van der Waals surface area contributed by atoms with Crippen molar-refractivity contribution < 1.29 is 0 Å². The van der Waals surface area contributed by atoms with E-state index in [1.165, 1.54) is 9.75 Å². The summed E-state index contributed by atoms with van der Waals surface area (Å²) in [6.45, 7) is 7.03. The lowest BCUT2D eigenvalue weighted by molar-refractivity contribution is 0.833. The lowest BCUT2D eigenvalue weighted by atomic mass is 10.2. The maximum absolute atomic E-state index is 5.96. The molecule has 0 aliphatic carbocycles. The van der Waals surface area contributed by atoms with E-state index in [-0.39, 0.29) is 0 Å². The van der Waals surface area contributed by atoms with Crippen molar-refractivity contribution in [3.05, 3.63) is 33.3 Å². The van der Waals surface area contributed by atoms with Gasteiger partial charge in [0, 0.05) is 21.7 Å². The fourth-order valence-electron chi connectivity index (χ4n) is 1.97. The van der Waals surface area contributed by atoms with Crippen molar-refractivity contribution in [2.45, 2.75) is 46.6 Å². The Labute approximate surface area is 124 Å². The first-order chi connectivity index (χ1) is 9.63. The quantitative estimate of drug-likeness (QED) is 0.854. The standard InChI is InChI=1S/C15H22N4S/c1-4-6-13-18-14(16)10(3)15(19-13)17-9-12-8-7-11(5-2)20-12/h7-8H,4-6,9H2,1-3H3,(H3,16,17,18,19). The number of aryl methyl sites for hydroxylation is 2. The first kappa shape index (κ1) is 14.8. The van der Waals surface area contributed by atoms with Gasteiger partial charge in [0.2, 0.25) is 0 Å². The summed E-state index contributed by atoms with van der Waals surface area (Å²) >= 11 is 1.84. The van der Waals surface area contributed by atoms with E-state index in [0.717, 1.165) is 43.0 Å². The van der Waals surface area contributed by atoms with Crippen LogP contribution in [0.4, 0.5) is 11.6 Å². The van der Waals surface area contributed by atoms with Crippen LogP contribution < -0.4 is 11.1 Å². The van der Waals surface area contributed by atoms with Crippen LogP contribution in [0.25, 0.3) is 0 Å². The van der Waals surface area contributed by atoms with Crippen LogP contribution in [-0.4, -0.2) is 9.97 Å². The van der Waals surface area contributed by atoms with Gasteiger partial charge < -0.3 is 11.1 Å². The molecule has 2 rings (SSSR count). The summed E-state index contributed by atoms with van der Waals surface area (Å²) in [7, 11) is 0. The van der Waals surface area contributed by atoms with E-state index in [0.29, 0.717) is 5.82 Å². The minimum atomic E-state index is 0.575. The van der Waals surface area contributed by atoms with Crippen molar-refractivity contribution in [2.75, 3.05) is 11.1 Å². The van der Waals surface area contributed by atoms with Gasteiger partial charge in [0.05, 0.1) is 6.54 Å². The normalized spacial score (nSPS) is 10.8. The molecule has 0 spiro atoms. The lowest BCUT2D eigenvalue weighted by Crippen LogP contribution is -2.09. The number of anilines is 2. The van der Waals surface area contributed by atoms with Crippen LogP contribution in [0.5, 0.6) is 0 Å². The first-order valence-electron chi connectivity index (χ1n) is 7.08. The highest BCUT2D eigenvalue weighted by molar-refractivity contribution is 7.12. The molecule has 0 atom stereocenters. The van der Waals surface area contributed by atoms with Crippen molar-refractivity contribution in [2.24, 2.45) is 0 Å². The Morgan fingerprint density at radius 1 is 1.20 bits per heavy atom. The van der Waals surface area contributed by atoms with Crippen LogP contribution in [0.1, 0.15) is 41.4 Å². The Kier molecular flexibility index (Phi) is 4.95. The van der Waals surface area contributed by atoms with Gasteiger partial charge in [0.1, 0.15) is 17.5 Å². The smallest absolute Gasteiger partial charge is 0.135 e. The van der Waals surface area contributed by atoms with Crippen molar-refractivity contribution in [3.8, 4) is 0 Å². The van der Waals surface area contributed by atoms with E-state index in [9.17, 15) is 0 Å². The summed E-state index contributed by atoms with van der Waals surface area (Å²) in [6.07, 6.45) is 2.97. The van der Waals surface area contributed by atoms with Crippen LogP contribution in [0.15, 0.2) is 12.1 Å². The molecule has 0 saturated heterocycles. The molecule has 0 bridgehead atoms. The number of rotatable bonds is 6. The third kappa shape index (κ3) is 3.48. The molecule has 0 aliphatic rings. The number of nitrogens with two attached hydrogens (primary N) is 1. The number of hydrogen-bond donors (Lipinski definition) is 2. The zero-order chi connectivity index (χ0) is 14.5. The van der Waals surface area contributed by atoms with Gasteiger partial charge >= 0.3 is 0 Å². The highest BCUT2D eigenvalue weighted by Gasteiger charge is 2.08. The van der Waals surface area contributed by atoms with Crippen LogP contribution in [0.3, 0.4) is 0 Å². The Hall–Kier alpha value is -1.62. The molecule has 0 fully saturated rings. The van der Waals surface area contributed by atoms with Gasteiger partial charge in [-0.1, -0.05) is 13.8 Å². The zero-order valence-electron chi connectivity index (χ0n) is 12.4. The van der Waals surface area contributed by atoms with Gasteiger partial charge in [-0.25, -0.2) is 9.97 Å². The molecule has 0 radical (unpaired) electrons. The second-order valence-electron chi connectivity index (χ2n) is 4.82. The fraction of sp³-hybridized carbons (Fsp3) is 0.467. The molecular weight excluding hydrogens is 268 g/mol. The van der Waals surface area contributed by atoms with Gasteiger partial charge in [-0.3, -0.25) is 0 Å². The topological polar surface area (TPSA) is 63.8 Å². The summed E-state index contributed by atoms with van der Waals surface area (Å²) < 4.78 is 0. The van der Waals surface area contributed by atoms with Crippen LogP contribution >= 0.6 is 11.3 Å². The molecule has 2 heterocycles. The van der Waals surface area contributed by atoms with Gasteiger partial charge in [-0.2, -0.15) is 0 Å². The highest BCUT2D eigenvalue weighted by atomic mass is 32.1. The molecule has 108 valence electrons. The molecular formula is C15H22N4S. The number of nitrogens with one attached hydrogen (secondary N) is 1. The first-order valence-corrected chi connectivity index (χ1v) is 7.90. The maximum atomic E-state index is 5.96. The highest BCUT2D eigenvalue weighted by Crippen LogP contribution is 2.21. The van der Waals surface area contributed by atoms with Crippen molar-refractivity contribution in [1.29, 1.82) is 0 Å². The predicted molar refractivity (Wildman–Crippen MR) is 86.2 cm³/mol. The van der Waals surface area contributed by atoms with Crippen molar-refractivity contribution in [3.63, 3.8) is 0 Å². The van der Waals surface area contributed by atoms with E-state index >= 15 is 0 Å². The fourth-order valence-corrected chi connectivity index (χ4v) is 2.87. The maximum Gasteiger partial charge on any atom is 0.135 e. The number of thiophene rings is 1. The molecule has 0 unspecified atom stereocenters. The van der Waals surface area contributed by atoms with E-state index in [4.69, 9.17) is 5.73 Å². The zero-order valence-corrected chi connectivity index (χ0v) is 13.2. The number of aromatic nitrogens is 2. The molecule has 0 amide bonds. The Balaban J connectivity index is 2.11. The van der Waals surface area contributed by atoms with Crippen LogP contribution in [-0.2, 0) is 19.4 Å². The second kappa shape index (κ2) is 6.70. The molecule has 0 saturated carbocycles. The Bertz CT molecular complexity index is 577. The number of hydrogen-bond acceptors (Lipinski definition) is 5. The minimum Gasteiger partial charge on any atom is -0.383 e. The summed E-state index contributed by atoms with van der Waals surface area (Å²) in [5.74, 6) is 2.25. The Morgan fingerprint density at radius 2 is 1.95 bits per heavy atom. The minimum absolute atomic E-state index is 0.575. The van der Waals surface area contributed by atoms with E-state index in [1.54, 1.807) is 0 Å². The van der Waals surface area contributed by atoms with Gasteiger partial charge in [0.25, 0.3) is 0 Å². The monoisotopic (exact) mass is 290 g/mol. The average molecular weight is 290 g/mol. The summed E-state index contributed by atoms with van der Waals surface area (Å²) in [5, 5.41) is 3.39. The van der Waals surface area contributed by atoms with E-state index < -0.39 is 0 Å². The number of nitrogen functional groups attached to an aromatic ring is 1. The second-order valence-corrected chi connectivity index (χ2v) is 6.08. The predicted octanol–water partition coefficient (Wildman–Crippen LogP) is 3.56. The summed E-state index contributed by atoms with van der Waals surface area (Å²) in [4.78, 5) is 11.6. The molecule has 4 nitrogen and oxygen atoms in total. The molecule has 0 aliphatic heterocycles. The third-order valence-corrected chi connectivity index (χ3v) is 4.43. The summed E-state index contributed by atoms with van der Waals surface area (Å²) in [5.41, 5.74) is 6.89. The average Bonchev–Trinajstić information content (AvgIpc) is 2.89. The molecule has 3 N–H and O–H groups in total. The van der Waals surface area contributed by atoms with E-state index in [1.807, 2.05) is 18.3 Å². The molecule has 0 aromatic carbocycles. The van der Waals surface area contributed by atoms with Gasteiger partial charge in [-0.15, -0.1) is 11.3 Å². The Morgan fingerprint density at radius 3 is 2.60 bits per heavy atom. The van der Waals surface area contributed by atoms with Crippen LogP contribution in [0, 0.1) is 6.92 Å². The molecule has 2 aromatic rings. The van der Waals surface area contributed by atoms with Gasteiger partial charge in [-0.05, 0) is 31.9 Å². The molecule has 2 aromatic heterocycles. The SMILES string of the molecule is CCCc1nc(N)c(C)c(NCc2ccc(CC)s2)n1. The van der Waals surface area contributed by atoms with Crippen molar-refractivity contribution >= 4 is 23.0 Å². The van der Waals surface area contributed by atoms with Gasteiger partial charge in [0.15, 0.2) is 0 Å². The molecule has 5 heteroatoms. The third-order valence-electron chi connectivity index (χ3n) is 3.20. The summed E-state index contributed by atoms with van der Waals surface area (Å²) in [6, 6.07) is 4.36. The molecule has 20 heavy (non-hydrogen) atoms. The van der Waals surface area contributed by atoms with Crippen molar-refractivity contribution in [1.82, 2.24) is 9.97 Å². The largest absolute Gasteiger partial charge is 0.383 e. The lowest BCUT2D eigenvalue weighted by Gasteiger charge is -2.11.